The van der Waals surface area contributed by atoms with Crippen LogP contribution in [0.1, 0.15) is 60.2 Å². The quantitative estimate of drug-likeness (QED) is 0.583. The van der Waals surface area contributed by atoms with Gasteiger partial charge in [-0.3, -0.25) is 24.1 Å². The monoisotopic (exact) mass is 488 g/mol. The summed E-state index contributed by atoms with van der Waals surface area (Å²) < 4.78 is 0. The summed E-state index contributed by atoms with van der Waals surface area (Å²) in [6.07, 6.45) is 1.92. The molecule has 1 unspecified atom stereocenters. The van der Waals surface area contributed by atoms with E-state index in [9.17, 15) is 19.2 Å². The minimum atomic E-state index is -0.685. The van der Waals surface area contributed by atoms with Gasteiger partial charge in [0.2, 0.25) is 11.8 Å². The standard InChI is InChI=1S/C28H32N4O4/c1-20(33)21-9-11-22(12-10-21)29-16-18-30(19-17-29)25(34)8-5-15-31-27(36)23-6-3-4-7-24(23)32-26(35)13-14-28(31,32)2/h3-4,6-7,9-12H,5,8,13-19H2,1-2H3. The predicted octanol–water partition coefficient (Wildman–Crippen LogP) is 3.32. The first-order valence-electron chi connectivity index (χ1n) is 12.7. The van der Waals surface area contributed by atoms with Crippen LogP contribution in [0.3, 0.4) is 0 Å². The van der Waals surface area contributed by atoms with Crippen LogP contribution < -0.4 is 9.80 Å². The summed E-state index contributed by atoms with van der Waals surface area (Å²) >= 11 is 0. The Morgan fingerprint density at radius 1 is 0.944 bits per heavy atom. The number of carbonyl (C=O) groups is 4. The number of amides is 3. The van der Waals surface area contributed by atoms with Gasteiger partial charge in [-0.25, -0.2) is 0 Å². The highest BCUT2D eigenvalue weighted by Gasteiger charge is 2.52. The number of rotatable bonds is 6. The van der Waals surface area contributed by atoms with Gasteiger partial charge in [-0.2, -0.15) is 0 Å². The molecule has 2 aromatic rings. The van der Waals surface area contributed by atoms with E-state index in [-0.39, 0.29) is 23.5 Å². The van der Waals surface area contributed by atoms with E-state index < -0.39 is 5.66 Å². The maximum Gasteiger partial charge on any atom is 0.257 e. The Kier molecular flexibility index (Phi) is 6.28. The zero-order valence-electron chi connectivity index (χ0n) is 20.9. The van der Waals surface area contributed by atoms with Crippen LogP contribution in [-0.4, -0.2) is 71.7 Å². The van der Waals surface area contributed by atoms with Gasteiger partial charge in [-0.1, -0.05) is 12.1 Å². The molecule has 1 atom stereocenters. The highest BCUT2D eigenvalue weighted by atomic mass is 16.2. The Morgan fingerprint density at radius 2 is 1.64 bits per heavy atom. The molecule has 8 nitrogen and oxygen atoms in total. The molecule has 2 saturated heterocycles. The molecule has 0 spiro atoms. The number of ketones is 1. The van der Waals surface area contributed by atoms with Crippen molar-refractivity contribution in [1.82, 2.24) is 9.80 Å². The molecule has 0 aromatic heterocycles. The first-order valence-corrected chi connectivity index (χ1v) is 12.7. The minimum absolute atomic E-state index is 0.0346. The number of hydrogen-bond donors (Lipinski definition) is 0. The summed E-state index contributed by atoms with van der Waals surface area (Å²) in [5, 5.41) is 0. The number of anilines is 2. The van der Waals surface area contributed by atoms with Gasteiger partial charge in [0.25, 0.3) is 5.91 Å². The fraction of sp³-hybridized carbons (Fsp3) is 0.429. The second kappa shape index (κ2) is 9.41. The van der Waals surface area contributed by atoms with Crippen LogP contribution in [0.15, 0.2) is 48.5 Å². The van der Waals surface area contributed by atoms with Crippen LogP contribution in [0.5, 0.6) is 0 Å². The van der Waals surface area contributed by atoms with Crippen LogP contribution in [0, 0.1) is 0 Å². The molecule has 3 heterocycles. The van der Waals surface area contributed by atoms with Gasteiger partial charge in [0.05, 0.1) is 11.3 Å². The number of carbonyl (C=O) groups excluding carboxylic acids is 4. The fourth-order valence-corrected chi connectivity index (χ4v) is 5.71. The normalized spacial score (nSPS) is 21.5. The predicted molar refractivity (Wildman–Crippen MR) is 137 cm³/mol. The zero-order chi connectivity index (χ0) is 25.4. The molecule has 5 rings (SSSR count). The fourth-order valence-electron chi connectivity index (χ4n) is 5.71. The molecule has 188 valence electrons. The molecule has 3 aliphatic heterocycles. The molecule has 0 bridgehead atoms. The Labute approximate surface area is 211 Å². The van der Waals surface area contributed by atoms with E-state index in [0.717, 1.165) is 18.8 Å². The number of nitrogens with zero attached hydrogens (tertiary/aromatic N) is 4. The Hall–Kier alpha value is -3.68. The van der Waals surface area contributed by atoms with Gasteiger partial charge < -0.3 is 14.7 Å². The van der Waals surface area contributed by atoms with Crippen molar-refractivity contribution < 1.29 is 19.2 Å². The van der Waals surface area contributed by atoms with Crippen molar-refractivity contribution >= 4 is 34.9 Å². The van der Waals surface area contributed by atoms with Crippen LogP contribution in [-0.2, 0) is 9.59 Å². The van der Waals surface area contributed by atoms with Crippen molar-refractivity contribution in [3.8, 4) is 0 Å². The largest absolute Gasteiger partial charge is 0.368 e. The van der Waals surface area contributed by atoms with Crippen LogP contribution in [0.2, 0.25) is 0 Å². The Morgan fingerprint density at radius 3 is 2.33 bits per heavy atom. The van der Waals surface area contributed by atoms with Gasteiger partial charge in [0.15, 0.2) is 5.78 Å². The lowest BCUT2D eigenvalue weighted by Gasteiger charge is -2.48. The number of piperazine rings is 1. The summed E-state index contributed by atoms with van der Waals surface area (Å²) in [5.41, 5.74) is 2.30. The summed E-state index contributed by atoms with van der Waals surface area (Å²) in [6.45, 7) is 6.70. The van der Waals surface area contributed by atoms with Crippen molar-refractivity contribution in [3.05, 3.63) is 59.7 Å². The van der Waals surface area contributed by atoms with E-state index in [1.807, 2.05) is 54.3 Å². The van der Waals surface area contributed by atoms with Crippen molar-refractivity contribution in [2.75, 3.05) is 42.5 Å². The zero-order valence-corrected chi connectivity index (χ0v) is 20.9. The van der Waals surface area contributed by atoms with Crippen LogP contribution in [0.25, 0.3) is 0 Å². The molecule has 0 saturated carbocycles. The summed E-state index contributed by atoms with van der Waals surface area (Å²) in [6, 6.07) is 14.9. The first-order chi connectivity index (χ1) is 17.3. The van der Waals surface area contributed by atoms with Crippen LogP contribution in [0.4, 0.5) is 11.4 Å². The highest BCUT2D eigenvalue weighted by molar-refractivity contribution is 6.10. The summed E-state index contributed by atoms with van der Waals surface area (Å²) in [7, 11) is 0. The van der Waals surface area contributed by atoms with Crippen molar-refractivity contribution in [3.63, 3.8) is 0 Å². The SMILES string of the molecule is CC(=O)c1ccc(N2CCN(C(=O)CCCN3C(=O)c4ccccc4N4C(=O)CCC34C)CC2)cc1. The molecular weight excluding hydrogens is 456 g/mol. The molecule has 0 N–H and O–H groups in total. The van der Waals surface area contributed by atoms with Gasteiger partial charge >= 0.3 is 0 Å². The van der Waals surface area contributed by atoms with Crippen molar-refractivity contribution in [2.24, 2.45) is 0 Å². The molecule has 0 radical (unpaired) electrons. The lowest BCUT2D eigenvalue weighted by Crippen LogP contribution is -2.62. The smallest absolute Gasteiger partial charge is 0.257 e. The van der Waals surface area contributed by atoms with E-state index in [1.54, 1.807) is 22.8 Å². The van der Waals surface area contributed by atoms with Crippen LogP contribution >= 0.6 is 0 Å². The number of hydrogen-bond acceptors (Lipinski definition) is 5. The Balaban J connectivity index is 1.17. The molecule has 2 fully saturated rings. The third-order valence-electron chi connectivity index (χ3n) is 7.79. The second-order valence-electron chi connectivity index (χ2n) is 9.99. The minimum Gasteiger partial charge on any atom is -0.368 e. The number of Topliss-reactive ketones (excluding diaryl/α,β-unsaturated/α-hetero) is 1. The maximum absolute atomic E-state index is 13.3. The van der Waals surface area contributed by atoms with Gasteiger partial charge in [-0.05, 0) is 63.1 Å². The molecule has 3 aliphatic rings. The maximum atomic E-state index is 13.3. The average Bonchev–Trinajstić information content (AvgIpc) is 3.21. The highest BCUT2D eigenvalue weighted by Crippen LogP contribution is 2.44. The van der Waals surface area contributed by atoms with E-state index in [4.69, 9.17) is 0 Å². The summed E-state index contributed by atoms with van der Waals surface area (Å²) in [4.78, 5) is 58.2. The molecular formula is C28H32N4O4. The van der Waals surface area contributed by atoms with Crippen molar-refractivity contribution in [2.45, 2.75) is 45.2 Å². The lowest BCUT2D eigenvalue weighted by atomic mass is 9.98. The van der Waals surface area contributed by atoms with E-state index in [0.29, 0.717) is 62.1 Å². The van der Waals surface area contributed by atoms with Gasteiger partial charge in [0, 0.05) is 56.8 Å². The third kappa shape index (κ3) is 4.14. The molecule has 8 heteroatoms. The summed E-state index contributed by atoms with van der Waals surface area (Å²) in [5.74, 6) is 0.104. The second-order valence-corrected chi connectivity index (χ2v) is 9.99. The number of fused-ring (bicyclic) bond motifs is 3. The number of benzene rings is 2. The lowest BCUT2D eigenvalue weighted by molar-refractivity contribution is -0.131. The van der Waals surface area contributed by atoms with Gasteiger partial charge in [0.1, 0.15) is 5.66 Å². The molecule has 3 amide bonds. The van der Waals surface area contributed by atoms with E-state index in [2.05, 4.69) is 4.90 Å². The first kappa shape index (κ1) is 24.0. The molecule has 36 heavy (non-hydrogen) atoms. The van der Waals surface area contributed by atoms with Gasteiger partial charge in [-0.15, -0.1) is 0 Å². The molecule has 2 aromatic carbocycles. The average molecular weight is 489 g/mol. The topological polar surface area (TPSA) is 81.2 Å². The van der Waals surface area contributed by atoms with Crippen molar-refractivity contribution in [1.29, 1.82) is 0 Å². The van der Waals surface area contributed by atoms with E-state index in [1.165, 1.54) is 0 Å². The number of para-hydroxylation sites is 1. The third-order valence-corrected chi connectivity index (χ3v) is 7.79. The molecule has 0 aliphatic carbocycles. The Bertz CT molecular complexity index is 1200. The van der Waals surface area contributed by atoms with E-state index >= 15 is 0 Å².